The lowest BCUT2D eigenvalue weighted by Gasteiger charge is -2.18. The van der Waals surface area contributed by atoms with Gasteiger partial charge >= 0.3 is 0 Å². The fraction of sp³-hybridized carbons (Fsp3) is 0.133. The first-order valence-corrected chi connectivity index (χ1v) is 5.85. The van der Waals surface area contributed by atoms with Gasteiger partial charge in [-0.3, -0.25) is 4.79 Å². The number of phenols is 2. The molecule has 19 heavy (non-hydrogen) atoms. The molecule has 2 N–H and O–H groups in total. The summed E-state index contributed by atoms with van der Waals surface area (Å²) in [5.41, 5.74) is 2.05. The van der Waals surface area contributed by atoms with Gasteiger partial charge in [0.15, 0.2) is 0 Å². The Hall–Kier alpha value is -2.49. The van der Waals surface area contributed by atoms with Crippen LogP contribution in [-0.2, 0) is 0 Å². The van der Waals surface area contributed by atoms with E-state index >= 15 is 0 Å². The van der Waals surface area contributed by atoms with Gasteiger partial charge < -0.3 is 15.1 Å². The van der Waals surface area contributed by atoms with Gasteiger partial charge in [0.25, 0.3) is 5.91 Å². The van der Waals surface area contributed by atoms with E-state index in [4.69, 9.17) is 0 Å². The number of nitrogens with zero attached hydrogens (tertiary/aromatic N) is 1. The first-order chi connectivity index (χ1) is 8.97. The summed E-state index contributed by atoms with van der Waals surface area (Å²) >= 11 is 0. The largest absolute Gasteiger partial charge is 0.508 e. The monoisotopic (exact) mass is 257 g/mol. The second kappa shape index (κ2) is 5.02. The van der Waals surface area contributed by atoms with E-state index in [1.165, 1.54) is 23.1 Å². The van der Waals surface area contributed by atoms with Gasteiger partial charge in [-0.1, -0.05) is 12.1 Å². The summed E-state index contributed by atoms with van der Waals surface area (Å²) in [4.78, 5) is 13.7. The highest BCUT2D eigenvalue weighted by molar-refractivity contribution is 6.06. The minimum Gasteiger partial charge on any atom is -0.508 e. The molecular formula is C15H15NO3. The minimum atomic E-state index is -0.295. The summed E-state index contributed by atoms with van der Waals surface area (Å²) in [6, 6.07) is 11.4. The molecule has 4 nitrogen and oxygen atoms in total. The molecule has 0 unspecified atom stereocenters. The number of benzene rings is 2. The van der Waals surface area contributed by atoms with Crippen molar-refractivity contribution in [3.05, 3.63) is 53.6 Å². The highest BCUT2D eigenvalue weighted by Crippen LogP contribution is 2.23. The number of aromatic hydroxyl groups is 2. The average molecular weight is 257 g/mol. The lowest BCUT2D eigenvalue weighted by molar-refractivity contribution is 0.0992. The molecular weight excluding hydrogens is 242 g/mol. The summed E-state index contributed by atoms with van der Waals surface area (Å²) in [6.07, 6.45) is 0. The quantitative estimate of drug-likeness (QED) is 0.869. The number of phenolic OH excluding ortho intramolecular Hbond substituents is 2. The molecule has 0 spiro atoms. The first-order valence-electron chi connectivity index (χ1n) is 5.85. The summed E-state index contributed by atoms with van der Waals surface area (Å²) < 4.78 is 0. The van der Waals surface area contributed by atoms with Crippen molar-refractivity contribution in [1.82, 2.24) is 0 Å². The van der Waals surface area contributed by atoms with Crippen LogP contribution in [-0.4, -0.2) is 23.2 Å². The molecule has 0 aliphatic heterocycles. The van der Waals surface area contributed by atoms with E-state index in [2.05, 4.69) is 0 Å². The Balaban J connectivity index is 2.33. The molecule has 2 aromatic carbocycles. The zero-order valence-electron chi connectivity index (χ0n) is 10.8. The normalized spacial score (nSPS) is 10.2. The SMILES string of the molecule is Cc1cccc(N(C)C(=O)c2cc(O)cc(O)c2)c1. The molecule has 0 heterocycles. The summed E-state index contributed by atoms with van der Waals surface area (Å²) in [5, 5.41) is 18.8. The van der Waals surface area contributed by atoms with E-state index in [0.29, 0.717) is 0 Å². The van der Waals surface area contributed by atoms with E-state index in [1.54, 1.807) is 7.05 Å². The molecule has 1 amide bonds. The van der Waals surface area contributed by atoms with Gasteiger partial charge in [0.05, 0.1) is 0 Å². The van der Waals surface area contributed by atoms with Crippen molar-refractivity contribution < 1.29 is 15.0 Å². The molecule has 2 aromatic rings. The molecule has 0 aliphatic carbocycles. The summed E-state index contributed by atoms with van der Waals surface area (Å²) in [7, 11) is 1.65. The third-order valence-corrected chi connectivity index (χ3v) is 2.84. The number of carbonyl (C=O) groups excluding carboxylic acids is 1. The number of anilines is 1. The van der Waals surface area contributed by atoms with Crippen LogP contribution in [0.25, 0.3) is 0 Å². The number of hydrogen-bond acceptors (Lipinski definition) is 3. The number of rotatable bonds is 2. The van der Waals surface area contributed by atoms with Crippen LogP contribution in [0.3, 0.4) is 0 Å². The van der Waals surface area contributed by atoms with Crippen LogP contribution in [0.1, 0.15) is 15.9 Å². The van der Waals surface area contributed by atoms with E-state index < -0.39 is 0 Å². The van der Waals surface area contributed by atoms with Crippen LogP contribution in [0.5, 0.6) is 11.5 Å². The smallest absolute Gasteiger partial charge is 0.258 e. The Kier molecular flexibility index (Phi) is 3.42. The fourth-order valence-corrected chi connectivity index (χ4v) is 1.87. The van der Waals surface area contributed by atoms with Gasteiger partial charge in [-0.25, -0.2) is 0 Å². The van der Waals surface area contributed by atoms with Crippen molar-refractivity contribution in [1.29, 1.82) is 0 Å². The lowest BCUT2D eigenvalue weighted by atomic mass is 10.1. The number of amides is 1. The van der Waals surface area contributed by atoms with E-state index in [-0.39, 0.29) is 23.0 Å². The molecule has 0 radical (unpaired) electrons. The van der Waals surface area contributed by atoms with Gasteiger partial charge in [-0.15, -0.1) is 0 Å². The zero-order chi connectivity index (χ0) is 14.0. The Labute approximate surface area is 111 Å². The first kappa shape index (κ1) is 13.0. The maximum absolute atomic E-state index is 12.3. The van der Waals surface area contributed by atoms with Crippen molar-refractivity contribution in [3.8, 4) is 11.5 Å². The molecule has 98 valence electrons. The van der Waals surface area contributed by atoms with E-state index in [9.17, 15) is 15.0 Å². The number of hydrogen-bond donors (Lipinski definition) is 2. The molecule has 0 saturated heterocycles. The van der Waals surface area contributed by atoms with Crippen molar-refractivity contribution >= 4 is 11.6 Å². The van der Waals surface area contributed by atoms with Gasteiger partial charge in [-0.2, -0.15) is 0 Å². The summed E-state index contributed by atoms with van der Waals surface area (Å²) in [5.74, 6) is -0.571. The van der Waals surface area contributed by atoms with Gasteiger partial charge in [0, 0.05) is 24.4 Å². The minimum absolute atomic E-state index is 0.138. The zero-order valence-corrected chi connectivity index (χ0v) is 10.8. The Morgan fingerprint density at radius 1 is 1.05 bits per heavy atom. The number of aryl methyl sites for hydroxylation is 1. The number of carbonyl (C=O) groups is 1. The van der Waals surface area contributed by atoms with Crippen LogP contribution >= 0.6 is 0 Å². The molecule has 0 bridgehead atoms. The fourth-order valence-electron chi connectivity index (χ4n) is 1.87. The van der Waals surface area contributed by atoms with Crippen LogP contribution in [0.15, 0.2) is 42.5 Å². The van der Waals surface area contributed by atoms with E-state index in [1.807, 2.05) is 31.2 Å². The van der Waals surface area contributed by atoms with Crippen molar-refractivity contribution in [2.75, 3.05) is 11.9 Å². The Morgan fingerprint density at radius 3 is 2.26 bits per heavy atom. The maximum Gasteiger partial charge on any atom is 0.258 e. The molecule has 4 heteroatoms. The topological polar surface area (TPSA) is 60.8 Å². The molecule has 0 aromatic heterocycles. The maximum atomic E-state index is 12.3. The van der Waals surface area contributed by atoms with Crippen LogP contribution in [0.4, 0.5) is 5.69 Å². The molecule has 0 saturated carbocycles. The van der Waals surface area contributed by atoms with Gasteiger partial charge in [0.2, 0.25) is 0 Å². The standard InChI is InChI=1S/C15H15NO3/c1-10-4-3-5-12(6-10)16(2)15(19)11-7-13(17)9-14(18)8-11/h3-9,17-18H,1-2H3. The predicted octanol–water partition coefficient (Wildman–Crippen LogP) is 2.68. The van der Waals surface area contributed by atoms with Crippen LogP contribution < -0.4 is 4.90 Å². The second-order valence-corrected chi connectivity index (χ2v) is 4.44. The molecule has 0 aliphatic rings. The third kappa shape index (κ3) is 2.85. The molecule has 0 atom stereocenters. The second-order valence-electron chi connectivity index (χ2n) is 4.44. The Bertz CT molecular complexity index is 602. The molecule has 2 rings (SSSR count). The van der Waals surface area contributed by atoms with Crippen LogP contribution in [0.2, 0.25) is 0 Å². The van der Waals surface area contributed by atoms with Crippen LogP contribution in [0, 0.1) is 6.92 Å². The summed E-state index contributed by atoms with van der Waals surface area (Å²) in [6.45, 7) is 1.95. The lowest BCUT2D eigenvalue weighted by Crippen LogP contribution is -2.26. The third-order valence-electron chi connectivity index (χ3n) is 2.84. The Morgan fingerprint density at radius 2 is 1.68 bits per heavy atom. The van der Waals surface area contributed by atoms with Crippen molar-refractivity contribution in [3.63, 3.8) is 0 Å². The van der Waals surface area contributed by atoms with Gasteiger partial charge in [-0.05, 0) is 36.8 Å². The molecule has 0 fully saturated rings. The highest BCUT2D eigenvalue weighted by atomic mass is 16.3. The van der Waals surface area contributed by atoms with Gasteiger partial charge in [0.1, 0.15) is 11.5 Å². The van der Waals surface area contributed by atoms with Crippen molar-refractivity contribution in [2.24, 2.45) is 0 Å². The van der Waals surface area contributed by atoms with Crippen molar-refractivity contribution in [2.45, 2.75) is 6.92 Å². The average Bonchev–Trinajstić information content (AvgIpc) is 2.36. The highest BCUT2D eigenvalue weighted by Gasteiger charge is 2.15. The van der Waals surface area contributed by atoms with E-state index in [0.717, 1.165) is 11.3 Å². The predicted molar refractivity (Wildman–Crippen MR) is 73.7 cm³/mol.